The number of nitrogens with one attached hydrogen (secondary N) is 1. The molecular weight excluding hydrogens is 331 g/mol. The smallest absolute Gasteiger partial charge is 0.321 e. The maximum atomic E-state index is 13.2. The summed E-state index contributed by atoms with van der Waals surface area (Å²) in [5.41, 5.74) is -1.42. The van der Waals surface area contributed by atoms with Crippen molar-refractivity contribution in [2.24, 2.45) is 0 Å². The number of carbonyl (C=O) groups excluding carboxylic acids is 1. The normalized spacial score (nSPS) is 11.7. The van der Waals surface area contributed by atoms with Gasteiger partial charge in [-0.2, -0.15) is 13.2 Å². The Morgan fingerprint density at radius 3 is 2.48 bits per heavy atom. The number of alkyl halides is 3. The summed E-state index contributed by atoms with van der Waals surface area (Å²) in [5.74, 6) is -0.904. The molecule has 3 aromatic rings. The maximum absolute atomic E-state index is 13.2. The van der Waals surface area contributed by atoms with Gasteiger partial charge in [-0.15, -0.1) is 0 Å². The number of fused-ring (bicyclic) bond motifs is 1. The molecule has 1 amide bonds. The lowest BCUT2D eigenvalue weighted by Gasteiger charge is -2.09. The van der Waals surface area contributed by atoms with Gasteiger partial charge in [0.05, 0.1) is 0 Å². The second-order valence-electron chi connectivity index (χ2n) is 4.70. The van der Waals surface area contributed by atoms with E-state index in [1.807, 2.05) is 0 Å². The van der Waals surface area contributed by atoms with Crippen LogP contribution in [0.3, 0.4) is 0 Å². The summed E-state index contributed by atoms with van der Waals surface area (Å²) in [4.78, 5) is 15.9. The first-order valence-corrected chi connectivity index (χ1v) is 6.85. The van der Waals surface area contributed by atoms with Crippen molar-refractivity contribution in [2.75, 3.05) is 5.32 Å². The summed E-state index contributed by atoms with van der Waals surface area (Å²) in [6.45, 7) is 0. The zero-order valence-electron chi connectivity index (χ0n) is 11.4. The maximum Gasteiger partial charge on any atom is 0.435 e. The molecule has 0 unspecified atom stereocenters. The van der Waals surface area contributed by atoms with Crippen molar-refractivity contribution in [3.05, 3.63) is 65.1 Å². The van der Waals surface area contributed by atoms with E-state index in [9.17, 15) is 18.0 Å². The molecule has 4 nitrogen and oxygen atoms in total. The second kappa shape index (κ2) is 5.58. The lowest BCUT2D eigenvalue weighted by molar-refractivity contribution is -0.141. The number of imidazole rings is 1. The van der Waals surface area contributed by atoms with Crippen LogP contribution in [0, 0.1) is 0 Å². The van der Waals surface area contributed by atoms with Gasteiger partial charge in [-0.05, 0) is 36.4 Å². The van der Waals surface area contributed by atoms with Crippen LogP contribution in [0.25, 0.3) is 5.65 Å². The van der Waals surface area contributed by atoms with Crippen molar-refractivity contribution in [3.8, 4) is 0 Å². The molecule has 0 atom stereocenters. The van der Waals surface area contributed by atoms with Gasteiger partial charge in [0.15, 0.2) is 5.69 Å². The Balaban J connectivity index is 2.06. The van der Waals surface area contributed by atoms with E-state index in [0.29, 0.717) is 10.7 Å². The molecule has 2 aromatic heterocycles. The molecule has 0 fully saturated rings. The van der Waals surface area contributed by atoms with E-state index < -0.39 is 23.5 Å². The van der Waals surface area contributed by atoms with Gasteiger partial charge in [0.2, 0.25) is 0 Å². The largest absolute Gasteiger partial charge is 0.435 e. The van der Waals surface area contributed by atoms with E-state index in [4.69, 9.17) is 11.6 Å². The average Bonchev–Trinajstić information content (AvgIpc) is 2.89. The van der Waals surface area contributed by atoms with E-state index in [1.54, 1.807) is 6.07 Å². The van der Waals surface area contributed by atoms with Gasteiger partial charge >= 0.3 is 6.18 Å². The Hall–Kier alpha value is -2.54. The second-order valence-corrected chi connectivity index (χ2v) is 5.13. The number of aromatic nitrogens is 2. The number of rotatable bonds is 2. The molecule has 0 saturated carbocycles. The van der Waals surface area contributed by atoms with Crippen LogP contribution >= 0.6 is 11.6 Å². The van der Waals surface area contributed by atoms with Crippen LogP contribution in [0.4, 0.5) is 18.9 Å². The molecule has 2 heterocycles. The van der Waals surface area contributed by atoms with Crippen LogP contribution in [0.15, 0.2) is 48.7 Å². The zero-order valence-corrected chi connectivity index (χ0v) is 12.2. The minimum atomic E-state index is -4.74. The number of pyridine rings is 1. The van der Waals surface area contributed by atoms with Gasteiger partial charge in [0, 0.05) is 16.9 Å². The Labute approximate surface area is 133 Å². The molecule has 0 spiro atoms. The number of hydrogen-bond donors (Lipinski definition) is 1. The van der Waals surface area contributed by atoms with Gasteiger partial charge in [0.1, 0.15) is 11.3 Å². The third-order valence-corrected chi connectivity index (χ3v) is 3.37. The standard InChI is InChI=1S/C15H9ClF3N3O/c16-9-4-6-10(7-5-9)20-14(23)12-13(15(17,18)19)21-11-3-1-2-8-22(11)12/h1-8H,(H,20,23). The van der Waals surface area contributed by atoms with Crippen molar-refractivity contribution in [3.63, 3.8) is 0 Å². The molecule has 0 aliphatic heterocycles. The average molecular weight is 340 g/mol. The van der Waals surface area contributed by atoms with Crippen LogP contribution in [0.1, 0.15) is 16.2 Å². The van der Waals surface area contributed by atoms with Crippen molar-refractivity contribution in [1.29, 1.82) is 0 Å². The summed E-state index contributed by atoms with van der Waals surface area (Å²) in [7, 11) is 0. The molecule has 118 valence electrons. The molecule has 0 saturated heterocycles. The number of halogens is 4. The van der Waals surface area contributed by atoms with Crippen LogP contribution in [-0.2, 0) is 6.18 Å². The molecule has 3 rings (SSSR count). The van der Waals surface area contributed by atoms with Crippen LogP contribution < -0.4 is 5.32 Å². The fourth-order valence-electron chi connectivity index (χ4n) is 2.13. The predicted molar refractivity (Wildman–Crippen MR) is 79.6 cm³/mol. The SMILES string of the molecule is O=C(Nc1ccc(Cl)cc1)c1c(C(F)(F)F)nc2ccccn12. The van der Waals surface area contributed by atoms with E-state index >= 15 is 0 Å². The van der Waals surface area contributed by atoms with Crippen molar-refractivity contribution in [1.82, 2.24) is 9.38 Å². The summed E-state index contributed by atoms with van der Waals surface area (Å²) in [6, 6.07) is 10.5. The predicted octanol–water partition coefficient (Wildman–Crippen LogP) is 4.26. The number of hydrogen-bond acceptors (Lipinski definition) is 2. The lowest BCUT2D eigenvalue weighted by Crippen LogP contribution is -2.20. The summed E-state index contributed by atoms with van der Waals surface area (Å²) < 4.78 is 40.6. The number of anilines is 1. The van der Waals surface area contributed by atoms with E-state index in [0.717, 1.165) is 4.40 Å². The van der Waals surface area contributed by atoms with E-state index in [2.05, 4.69) is 10.3 Å². The molecule has 0 aliphatic carbocycles. The molecule has 0 radical (unpaired) electrons. The van der Waals surface area contributed by atoms with Crippen LogP contribution in [0.5, 0.6) is 0 Å². The number of carbonyl (C=O) groups is 1. The first-order chi connectivity index (χ1) is 10.9. The Kier molecular flexibility index (Phi) is 3.73. The highest BCUT2D eigenvalue weighted by atomic mass is 35.5. The molecule has 1 N–H and O–H groups in total. The Morgan fingerprint density at radius 2 is 1.83 bits per heavy atom. The highest BCUT2D eigenvalue weighted by Crippen LogP contribution is 2.32. The third kappa shape index (κ3) is 3.00. The zero-order chi connectivity index (χ0) is 16.6. The fraction of sp³-hybridized carbons (Fsp3) is 0.0667. The van der Waals surface area contributed by atoms with Crippen LogP contribution in [0.2, 0.25) is 5.02 Å². The first-order valence-electron chi connectivity index (χ1n) is 6.47. The molecule has 23 heavy (non-hydrogen) atoms. The third-order valence-electron chi connectivity index (χ3n) is 3.12. The van der Waals surface area contributed by atoms with Gasteiger partial charge < -0.3 is 5.32 Å². The fourth-order valence-corrected chi connectivity index (χ4v) is 2.26. The topological polar surface area (TPSA) is 46.4 Å². The molecule has 1 aromatic carbocycles. The lowest BCUT2D eigenvalue weighted by atomic mass is 10.2. The summed E-state index contributed by atoms with van der Waals surface area (Å²) >= 11 is 5.74. The van der Waals surface area contributed by atoms with Crippen molar-refractivity contribution < 1.29 is 18.0 Å². The van der Waals surface area contributed by atoms with Crippen LogP contribution in [-0.4, -0.2) is 15.3 Å². The first kappa shape index (κ1) is 15.4. The van der Waals surface area contributed by atoms with Crippen molar-refractivity contribution in [2.45, 2.75) is 6.18 Å². The Bertz CT molecular complexity index is 872. The quantitative estimate of drug-likeness (QED) is 0.758. The molecule has 0 bridgehead atoms. The van der Waals surface area contributed by atoms with Gasteiger partial charge in [-0.1, -0.05) is 17.7 Å². The highest BCUT2D eigenvalue weighted by Gasteiger charge is 2.40. The molecule has 8 heteroatoms. The van der Waals surface area contributed by atoms with Gasteiger partial charge in [-0.3, -0.25) is 9.20 Å². The Morgan fingerprint density at radius 1 is 1.13 bits per heavy atom. The molecule has 0 aliphatic rings. The van der Waals surface area contributed by atoms with E-state index in [-0.39, 0.29) is 5.65 Å². The summed E-state index contributed by atoms with van der Waals surface area (Å²) in [5, 5.41) is 2.87. The number of nitrogens with zero attached hydrogens (tertiary/aromatic N) is 2. The number of benzene rings is 1. The van der Waals surface area contributed by atoms with Gasteiger partial charge in [-0.25, -0.2) is 4.98 Å². The van der Waals surface area contributed by atoms with Gasteiger partial charge in [0.25, 0.3) is 5.91 Å². The minimum absolute atomic E-state index is 0.0427. The monoisotopic (exact) mass is 339 g/mol. The minimum Gasteiger partial charge on any atom is -0.321 e. The van der Waals surface area contributed by atoms with Crippen molar-refractivity contribution >= 4 is 28.8 Å². The molecular formula is C15H9ClF3N3O. The van der Waals surface area contributed by atoms with E-state index in [1.165, 1.54) is 42.6 Å². The number of amides is 1. The highest BCUT2D eigenvalue weighted by molar-refractivity contribution is 6.30. The summed E-state index contributed by atoms with van der Waals surface area (Å²) in [6.07, 6.45) is -3.38.